The Bertz CT molecular complexity index is 797. The molecule has 3 aliphatic heterocycles. The van der Waals surface area contributed by atoms with Gasteiger partial charge in [-0.2, -0.15) is 0 Å². The molecule has 0 unspecified atom stereocenters. The molecule has 0 saturated carbocycles. The first-order valence-corrected chi connectivity index (χ1v) is 10.3. The lowest BCUT2D eigenvalue weighted by atomic mass is 9.71. The number of likely N-dealkylation sites (tertiary alicyclic amines) is 1. The highest BCUT2D eigenvalue weighted by Gasteiger charge is 2.37. The summed E-state index contributed by atoms with van der Waals surface area (Å²) in [5, 5.41) is 6.09. The fraction of sp³-hybridized carbons (Fsp3) is 0.550. The summed E-state index contributed by atoms with van der Waals surface area (Å²) in [6, 6.07) is 4.51. The van der Waals surface area contributed by atoms with Crippen LogP contribution in [0.5, 0.6) is 0 Å². The number of benzene rings is 1. The van der Waals surface area contributed by atoms with Gasteiger partial charge in [0, 0.05) is 31.6 Å². The van der Waals surface area contributed by atoms with Crippen LogP contribution >= 0.6 is 11.6 Å². The molecule has 8 heteroatoms. The maximum Gasteiger partial charge on any atom is 0.328 e. The van der Waals surface area contributed by atoms with Crippen molar-refractivity contribution >= 4 is 35.1 Å². The van der Waals surface area contributed by atoms with E-state index < -0.39 is 6.03 Å². The number of imide groups is 1. The Morgan fingerprint density at radius 3 is 2.43 bits per heavy atom. The van der Waals surface area contributed by atoms with Crippen molar-refractivity contribution in [2.45, 2.75) is 32.1 Å². The minimum absolute atomic E-state index is 0.0322. The molecule has 0 radical (unpaired) electrons. The molecule has 0 atom stereocenters. The highest BCUT2D eigenvalue weighted by Crippen LogP contribution is 2.40. The van der Waals surface area contributed by atoms with Gasteiger partial charge < -0.3 is 10.2 Å². The summed E-state index contributed by atoms with van der Waals surface area (Å²) in [6.45, 7) is 3.90. The Balaban J connectivity index is 1.48. The molecule has 2 N–H and O–H groups in total. The lowest BCUT2D eigenvalue weighted by Crippen LogP contribution is -2.49. The molecular weight excluding hydrogens is 380 g/mol. The molecule has 4 rings (SSSR count). The topological polar surface area (TPSA) is 81.8 Å². The van der Waals surface area contributed by atoms with Crippen LogP contribution in [0.1, 0.15) is 42.5 Å². The van der Waals surface area contributed by atoms with E-state index >= 15 is 0 Å². The second-order valence-corrected chi connectivity index (χ2v) is 8.37. The lowest BCUT2D eigenvalue weighted by Gasteiger charge is -2.44. The highest BCUT2D eigenvalue weighted by atomic mass is 35.5. The van der Waals surface area contributed by atoms with Gasteiger partial charge in [-0.05, 0) is 62.4 Å². The van der Waals surface area contributed by atoms with Gasteiger partial charge >= 0.3 is 6.03 Å². The summed E-state index contributed by atoms with van der Waals surface area (Å²) >= 11 is 6.28. The van der Waals surface area contributed by atoms with E-state index in [0.717, 1.165) is 39.0 Å². The monoisotopic (exact) mass is 404 g/mol. The van der Waals surface area contributed by atoms with Gasteiger partial charge in [0.15, 0.2) is 0 Å². The van der Waals surface area contributed by atoms with Gasteiger partial charge in [-0.1, -0.05) is 11.6 Å². The molecule has 1 aromatic rings. The molecule has 4 amide bonds. The van der Waals surface area contributed by atoms with Crippen LogP contribution in [0, 0.1) is 5.41 Å². The maximum absolute atomic E-state index is 13.0. The van der Waals surface area contributed by atoms with Gasteiger partial charge in [-0.25, -0.2) is 4.79 Å². The SMILES string of the molecule is O=C1CCN(c2cc(C(=O)N3CCC4(CCNCC4)CC3)ccc2Cl)C(=O)N1. The molecule has 3 heterocycles. The zero-order valence-electron chi connectivity index (χ0n) is 15.8. The minimum Gasteiger partial charge on any atom is -0.339 e. The number of halogens is 1. The van der Waals surface area contributed by atoms with E-state index in [2.05, 4.69) is 10.6 Å². The summed E-state index contributed by atoms with van der Waals surface area (Å²) in [4.78, 5) is 39.9. The van der Waals surface area contributed by atoms with Gasteiger partial charge in [0.2, 0.25) is 5.91 Å². The molecule has 7 nitrogen and oxygen atoms in total. The molecule has 0 bridgehead atoms. The van der Waals surface area contributed by atoms with Gasteiger partial charge in [0.1, 0.15) is 0 Å². The van der Waals surface area contributed by atoms with Crippen LogP contribution in [0.4, 0.5) is 10.5 Å². The van der Waals surface area contributed by atoms with Crippen LogP contribution in [0.3, 0.4) is 0 Å². The third kappa shape index (κ3) is 3.73. The summed E-state index contributed by atoms with van der Waals surface area (Å²) in [5.41, 5.74) is 1.36. The Morgan fingerprint density at radius 2 is 1.75 bits per heavy atom. The number of amides is 4. The molecular formula is C20H25ClN4O3. The molecule has 0 aromatic heterocycles. The smallest absolute Gasteiger partial charge is 0.328 e. The van der Waals surface area contributed by atoms with Crippen LogP contribution in [0.25, 0.3) is 0 Å². The number of hydrogen-bond donors (Lipinski definition) is 2. The lowest BCUT2D eigenvalue weighted by molar-refractivity contribution is -0.120. The number of piperidine rings is 2. The standard InChI is InChI=1S/C20H25ClN4O3/c21-15-2-1-14(13-16(15)25-10-3-17(26)23-19(25)28)18(27)24-11-6-20(7-12-24)4-8-22-9-5-20/h1-2,13,22H,3-12H2,(H,23,26,28). The van der Waals surface area contributed by atoms with E-state index in [4.69, 9.17) is 11.6 Å². The van der Waals surface area contributed by atoms with Gasteiger partial charge in [0.25, 0.3) is 5.91 Å². The molecule has 0 aliphatic carbocycles. The van der Waals surface area contributed by atoms with Crippen molar-refractivity contribution in [2.24, 2.45) is 5.41 Å². The fourth-order valence-electron chi connectivity index (χ4n) is 4.47. The van der Waals surface area contributed by atoms with Crippen molar-refractivity contribution < 1.29 is 14.4 Å². The second-order valence-electron chi connectivity index (χ2n) is 7.96. The summed E-state index contributed by atoms with van der Waals surface area (Å²) in [7, 11) is 0. The Morgan fingerprint density at radius 1 is 1.04 bits per heavy atom. The van der Waals surface area contributed by atoms with E-state index in [1.807, 2.05) is 4.90 Å². The van der Waals surface area contributed by atoms with E-state index in [9.17, 15) is 14.4 Å². The summed E-state index contributed by atoms with van der Waals surface area (Å²) in [6.07, 6.45) is 4.66. The molecule has 28 heavy (non-hydrogen) atoms. The van der Waals surface area contributed by atoms with Crippen LogP contribution < -0.4 is 15.5 Å². The molecule has 1 aromatic carbocycles. The fourth-order valence-corrected chi connectivity index (χ4v) is 4.69. The first-order chi connectivity index (χ1) is 13.5. The van der Waals surface area contributed by atoms with Gasteiger partial charge in [0.05, 0.1) is 10.7 Å². The van der Waals surface area contributed by atoms with Crippen molar-refractivity contribution in [3.05, 3.63) is 28.8 Å². The van der Waals surface area contributed by atoms with E-state index in [1.54, 1.807) is 18.2 Å². The number of nitrogens with zero attached hydrogens (tertiary/aromatic N) is 2. The Kier molecular flexibility index (Phi) is 5.29. The number of carbonyl (C=O) groups is 3. The predicted molar refractivity (Wildman–Crippen MR) is 107 cm³/mol. The summed E-state index contributed by atoms with van der Waals surface area (Å²) < 4.78 is 0. The quantitative estimate of drug-likeness (QED) is 0.793. The number of hydrogen-bond acceptors (Lipinski definition) is 4. The van der Waals surface area contributed by atoms with Crippen molar-refractivity contribution in [3.8, 4) is 0 Å². The van der Waals surface area contributed by atoms with Crippen molar-refractivity contribution in [1.82, 2.24) is 15.5 Å². The third-order valence-electron chi connectivity index (χ3n) is 6.31. The maximum atomic E-state index is 13.0. The average Bonchev–Trinajstić information content (AvgIpc) is 2.70. The van der Waals surface area contributed by atoms with E-state index in [0.29, 0.717) is 21.7 Å². The largest absolute Gasteiger partial charge is 0.339 e. The number of nitrogens with one attached hydrogen (secondary N) is 2. The van der Waals surface area contributed by atoms with Crippen LogP contribution in [-0.4, -0.2) is 55.5 Å². The van der Waals surface area contributed by atoms with Crippen molar-refractivity contribution in [3.63, 3.8) is 0 Å². The first-order valence-electron chi connectivity index (χ1n) is 9.88. The minimum atomic E-state index is -0.506. The summed E-state index contributed by atoms with van der Waals surface area (Å²) in [5.74, 6) is -0.333. The number of rotatable bonds is 2. The number of anilines is 1. The molecule has 3 saturated heterocycles. The van der Waals surface area contributed by atoms with Gasteiger partial charge in [-0.3, -0.25) is 19.8 Å². The Hall–Kier alpha value is -2.12. The van der Waals surface area contributed by atoms with Crippen LogP contribution in [-0.2, 0) is 4.79 Å². The van der Waals surface area contributed by atoms with E-state index in [1.165, 1.54) is 17.7 Å². The molecule has 1 spiro atoms. The van der Waals surface area contributed by atoms with E-state index in [-0.39, 0.29) is 24.8 Å². The second kappa shape index (κ2) is 7.72. The molecule has 150 valence electrons. The third-order valence-corrected chi connectivity index (χ3v) is 6.63. The van der Waals surface area contributed by atoms with Crippen LogP contribution in [0.15, 0.2) is 18.2 Å². The van der Waals surface area contributed by atoms with Crippen molar-refractivity contribution in [1.29, 1.82) is 0 Å². The predicted octanol–water partition coefficient (Wildman–Crippen LogP) is 2.39. The van der Waals surface area contributed by atoms with Gasteiger partial charge in [-0.15, -0.1) is 0 Å². The zero-order chi connectivity index (χ0) is 19.7. The number of urea groups is 1. The van der Waals surface area contributed by atoms with Crippen LogP contribution in [0.2, 0.25) is 5.02 Å². The average molecular weight is 405 g/mol. The molecule has 3 aliphatic rings. The zero-order valence-corrected chi connectivity index (χ0v) is 16.6. The van der Waals surface area contributed by atoms with Crippen molar-refractivity contribution in [2.75, 3.05) is 37.6 Å². The normalized spacial score (nSPS) is 22.3. The molecule has 3 fully saturated rings. The number of carbonyl (C=O) groups excluding carboxylic acids is 3. The Labute approximate surface area is 169 Å². The highest BCUT2D eigenvalue weighted by molar-refractivity contribution is 6.34. The first kappa shape index (κ1) is 19.2.